The normalized spacial score (nSPS) is 31.5. The van der Waals surface area contributed by atoms with Gasteiger partial charge in [0.1, 0.15) is 0 Å². The summed E-state index contributed by atoms with van der Waals surface area (Å²) in [6.45, 7) is 6.18. The number of hydrogen-bond acceptors (Lipinski definition) is 3. The van der Waals surface area contributed by atoms with Crippen LogP contribution in [0.5, 0.6) is 0 Å². The highest BCUT2D eigenvalue weighted by Crippen LogP contribution is 2.47. The lowest BCUT2D eigenvalue weighted by Crippen LogP contribution is -2.48. The summed E-state index contributed by atoms with van der Waals surface area (Å²) >= 11 is 0. The molecule has 2 fully saturated rings. The molecule has 3 N–H and O–H groups in total. The van der Waals surface area contributed by atoms with Crippen LogP contribution in [0.15, 0.2) is 0 Å². The minimum absolute atomic E-state index is 0.0253. The number of aryl methyl sites for hydroxylation is 2. The van der Waals surface area contributed by atoms with Gasteiger partial charge in [0.2, 0.25) is 5.91 Å². The van der Waals surface area contributed by atoms with E-state index in [0.29, 0.717) is 11.8 Å². The van der Waals surface area contributed by atoms with Gasteiger partial charge >= 0.3 is 0 Å². The van der Waals surface area contributed by atoms with E-state index >= 15 is 0 Å². The second kappa shape index (κ2) is 5.69. The third-order valence-corrected chi connectivity index (χ3v) is 5.84. The number of nitrogens with two attached hydrogens (primary N) is 1. The van der Waals surface area contributed by atoms with E-state index in [1.807, 2.05) is 18.7 Å². The quantitative estimate of drug-likeness (QED) is 0.884. The van der Waals surface area contributed by atoms with Gasteiger partial charge < -0.3 is 11.1 Å². The molecule has 22 heavy (non-hydrogen) atoms. The second-order valence-corrected chi connectivity index (χ2v) is 7.32. The Hall–Kier alpha value is -1.36. The Balaban J connectivity index is 1.62. The summed E-state index contributed by atoms with van der Waals surface area (Å²) in [6, 6.07) is 0.174. The number of carbonyl (C=O) groups is 1. The van der Waals surface area contributed by atoms with Crippen LogP contribution in [0.3, 0.4) is 0 Å². The molecule has 5 heteroatoms. The van der Waals surface area contributed by atoms with Crippen molar-refractivity contribution in [2.75, 3.05) is 0 Å². The van der Waals surface area contributed by atoms with Crippen molar-refractivity contribution in [3.8, 4) is 0 Å². The second-order valence-electron chi connectivity index (χ2n) is 7.32. The molecule has 3 rings (SSSR count). The summed E-state index contributed by atoms with van der Waals surface area (Å²) < 4.78 is 1.91. The number of aromatic nitrogens is 2. The smallest absolute Gasteiger partial charge is 0.225 e. The molecular weight excluding hydrogens is 276 g/mol. The number of hydrogen-bond donors (Lipinski definition) is 2. The predicted molar refractivity (Wildman–Crippen MR) is 86.3 cm³/mol. The van der Waals surface area contributed by atoms with E-state index in [0.717, 1.165) is 18.5 Å². The van der Waals surface area contributed by atoms with Gasteiger partial charge in [0, 0.05) is 24.8 Å². The minimum Gasteiger partial charge on any atom is -0.353 e. The zero-order chi connectivity index (χ0) is 16.0. The molecule has 2 saturated carbocycles. The van der Waals surface area contributed by atoms with E-state index in [2.05, 4.69) is 24.3 Å². The molecule has 2 bridgehead atoms. The first-order valence-corrected chi connectivity index (χ1v) is 8.43. The summed E-state index contributed by atoms with van der Waals surface area (Å²) in [6.07, 6.45) is 4.35. The third kappa shape index (κ3) is 2.56. The summed E-state index contributed by atoms with van der Waals surface area (Å²) in [5.41, 5.74) is 9.74. The van der Waals surface area contributed by atoms with Gasteiger partial charge in [0.25, 0.3) is 0 Å². The van der Waals surface area contributed by atoms with E-state index in [4.69, 9.17) is 5.73 Å². The topological polar surface area (TPSA) is 72.9 Å². The van der Waals surface area contributed by atoms with Crippen molar-refractivity contribution in [3.05, 3.63) is 17.0 Å². The lowest BCUT2D eigenvalue weighted by atomic mass is 9.84. The Kier molecular flexibility index (Phi) is 4.02. The van der Waals surface area contributed by atoms with Crippen molar-refractivity contribution < 1.29 is 4.79 Å². The Morgan fingerprint density at radius 2 is 2.09 bits per heavy atom. The highest BCUT2D eigenvalue weighted by molar-refractivity contribution is 5.80. The summed E-state index contributed by atoms with van der Waals surface area (Å²) in [5.74, 6) is 1.26. The molecule has 5 atom stereocenters. The lowest BCUT2D eigenvalue weighted by Gasteiger charge is -2.28. The monoisotopic (exact) mass is 304 g/mol. The number of amides is 1. The molecule has 1 aromatic rings. The number of carbonyl (C=O) groups excluding carboxylic acids is 1. The van der Waals surface area contributed by atoms with Crippen molar-refractivity contribution in [1.82, 2.24) is 15.1 Å². The van der Waals surface area contributed by atoms with E-state index in [9.17, 15) is 4.79 Å². The maximum atomic E-state index is 12.6. The van der Waals surface area contributed by atoms with Gasteiger partial charge in [-0.05, 0) is 63.9 Å². The maximum absolute atomic E-state index is 12.6. The third-order valence-electron chi connectivity index (χ3n) is 5.84. The summed E-state index contributed by atoms with van der Waals surface area (Å²) in [7, 11) is 1.96. The van der Waals surface area contributed by atoms with Crippen LogP contribution in [0, 0.1) is 31.6 Å². The summed E-state index contributed by atoms with van der Waals surface area (Å²) in [4.78, 5) is 12.6. The molecule has 2 aliphatic carbocycles. The van der Waals surface area contributed by atoms with E-state index < -0.39 is 0 Å². The molecule has 1 amide bonds. The minimum atomic E-state index is 0.0253. The highest BCUT2D eigenvalue weighted by atomic mass is 16.2. The Bertz CT molecular complexity index is 577. The first kappa shape index (κ1) is 15.5. The fourth-order valence-corrected chi connectivity index (χ4v) is 4.53. The fourth-order valence-electron chi connectivity index (χ4n) is 4.53. The molecule has 5 unspecified atom stereocenters. The molecule has 0 radical (unpaired) electrons. The standard InChI is InChI=1S/C17H28N4O/c1-9(7-14-10(2)20-21(4)11(14)3)19-17(22)15-12-5-6-13(8-12)16(15)18/h9,12-13,15-16H,5-8,18H2,1-4H3,(H,19,22). The molecule has 0 aliphatic heterocycles. The molecule has 122 valence electrons. The van der Waals surface area contributed by atoms with Crippen molar-refractivity contribution in [2.24, 2.45) is 30.5 Å². The van der Waals surface area contributed by atoms with Crippen molar-refractivity contribution in [3.63, 3.8) is 0 Å². The van der Waals surface area contributed by atoms with Crippen molar-refractivity contribution in [1.29, 1.82) is 0 Å². The molecule has 1 aromatic heterocycles. The Morgan fingerprint density at radius 3 is 2.64 bits per heavy atom. The SMILES string of the molecule is Cc1nn(C)c(C)c1CC(C)NC(=O)C1C2CCC(C2)C1N. The van der Waals surface area contributed by atoms with Gasteiger partial charge in [-0.2, -0.15) is 5.10 Å². The average molecular weight is 304 g/mol. The van der Waals surface area contributed by atoms with Crippen LogP contribution in [0.4, 0.5) is 0 Å². The van der Waals surface area contributed by atoms with Gasteiger partial charge in [-0.3, -0.25) is 9.48 Å². The van der Waals surface area contributed by atoms with Crippen LogP contribution in [0.25, 0.3) is 0 Å². The van der Waals surface area contributed by atoms with Crippen LogP contribution < -0.4 is 11.1 Å². The number of rotatable bonds is 4. The molecule has 0 aromatic carbocycles. The number of fused-ring (bicyclic) bond motifs is 2. The Morgan fingerprint density at radius 1 is 1.41 bits per heavy atom. The average Bonchev–Trinajstić information content (AvgIpc) is 3.09. The maximum Gasteiger partial charge on any atom is 0.225 e. The highest BCUT2D eigenvalue weighted by Gasteiger charge is 2.49. The van der Waals surface area contributed by atoms with Crippen LogP contribution >= 0.6 is 0 Å². The van der Waals surface area contributed by atoms with E-state index in [1.165, 1.54) is 24.1 Å². The molecule has 0 saturated heterocycles. The Labute approximate surface area is 132 Å². The molecule has 0 spiro atoms. The van der Waals surface area contributed by atoms with E-state index in [-0.39, 0.29) is 23.9 Å². The van der Waals surface area contributed by atoms with Gasteiger partial charge in [-0.25, -0.2) is 0 Å². The molecule has 5 nitrogen and oxygen atoms in total. The van der Waals surface area contributed by atoms with E-state index in [1.54, 1.807) is 0 Å². The van der Waals surface area contributed by atoms with Crippen LogP contribution in [0.1, 0.15) is 43.1 Å². The first-order chi connectivity index (χ1) is 10.4. The largest absolute Gasteiger partial charge is 0.353 e. The zero-order valence-corrected chi connectivity index (χ0v) is 14.1. The van der Waals surface area contributed by atoms with Crippen LogP contribution in [0.2, 0.25) is 0 Å². The van der Waals surface area contributed by atoms with Gasteiger partial charge in [-0.1, -0.05) is 0 Å². The molecule has 2 aliphatic rings. The predicted octanol–water partition coefficient (Wildman–Crippen LogP) is 1.46. The summed E-state index contributed by atoms with van der Waals surface area (Å²) in [5, 5.41) is 7.64. The number of nitrogens with one attached hydrogen (secondary N) is 1. The van der Waals surface area contributed by atoms with Crippen molar-refractivity contribution in [2.45, 2.75) is 58.5 Å². The lowest BCUT2D eigenvalue weighted by molar-refractivity contribution is -0.127. The number of nitrogens with zero attached hydrogens (tertiary/aromatic N) is 2. The van der Waals surface area contributed by atoms with Crippen LogP contribution in [-0.2, 0) is 18.3 Å². The first-order valence-electron chi connectivity index (χ1n) is 8.43. The van der Waals surface area contributed by atoms with Gasteiger partial charge in [0.05, 0.1) is 11.6 Å². The van der Waals surface area contributed by atoms with Crippen LogP contribution in [-0.4, -0.2) is 27.8 Å². The van der Waals surface area contributed by atoms with Gasteiger partial charge in [-0.15, -0.1) is 0 Å². The van der Waals surface area contributed by atoms with Crippen molar-refractivity contribution >= 4 is 5.91 Å². The molecular formula is C17H28N4O. The molecule has 1 heterocycles. The fraction of sp³-hybridized carbons (Fsp3) is 0.765. The van der Waals surface area contributed by atoms with Gasteiger partial charge in [0.15, 0.2) is 0 Å². The zero-order valence-electron chi connectivity index (χ0n) is 14.1.